The summed E-state index contributed by atoms with van der Waals surface area (Å²) >= 11 is 0. The van der Waals surface area contributed by atoms with E-state index >= 15 is 0 Å². The van der Waals surface area contributed by atoms with Crippen LogP contribution in [0.1, 0.15) is 36.1 Å². The van der Waals surface area contributed by atoms with Gasteiger partial charge < -0.3 is 20.0 Å². The van der Waals surface area contributed by atoms with E-state index in [2.05, 4.69) is 49.8 Å². The molecule has 2 N–H and O–H groups in total. The SMILES string of the molecule is I.c1cnc(N2CCC(NC(=NCCc3ccco3)NC3CCc4ccccc4C3)CC2)nc1. The van der Waals surface area contributed by atoms with Crippen molar-refractivity contribution in [1.82, 2.24) is 20.6 Å². The smallest absolute Gasteiger partial charge is 0.225 e. The molecule has 7 nitrogen and oxygen atoms in total. The predicted octanol–water partition coefficient (Wildman–Crippen LogP) is 3.99. The van der Waals surface area contributed by atoms with Crippen molar-refractivity contribution < 1.29 is 4.42 Å². The number of nitrogens with one attached hydrogen (secondary N) is 2. The molecule has 2 aromatic heterocycles. The first-order valence-electron chi connectivity index (χ1n) is 12.0. The van der Waals surface area contributed by atoms with Crippen molar-refractivity contribution in [3.63, 3.8) is 0 Å². The lowest BCUT2D eigenvalue weighted by Crippen LogP contribution is -2.52. The molecule has 0 bridgehead atoms. The Bertz CT molecular complexity index is 1030. The molecule has 1 aromatic carbocycles. The average Bonchev–Trinajstić information content (AvgIpc) is 3.38. The molecule has 0 spiro atoms. The van der Waals surface area contributed by atoms with Gasteiger partial charge in [-0.05, 0) is 61.4 Å². The molecule has 2 aliphatic rings. The minimum Gasteiger partial charge on any atom is -0.469 e. The molecule has 3 aromatic rings. The van der Waals surface area contributed by atoms with E-state index in [1.165, 1.54) is 11.1 Å². The monoisotopic (exact) mass is 572 g/mol. The Labute approximate surface area is 218 Å². The zero-order chi connectivity index (χ0) is 22.3. The molecular formula is C26H33IN6O. The van der Waals surface area contributed by atoms with Gasteiger partial charge in [0.05, 0.1) is 6.26 Å². The zero-order valence-electron chi connectivity index (χ0n) is 19.4. The van der Waals surface area contributed by atoms with E-state index in [1.54, 1.807) is 6.26 Å². The van der Waals surface area contributed by atoms with E-state index in [0.29, 0.717) is 18.6 Å². The molecule has 1 aliphatic carbocycles. The normalized spacial score (nSPS) is 18.6. The zero-order valence-corrected chi connectivity index (χ0v) is 21.7. The van der Waals surface area contributed by atoms with Crippen LogP contribution in [0, 0.1) is 0 Å². The van der Waals surface area contributed by atoms with Crippen LogP contribution in [0.4, 0.5) is 5.95 Å². The van der Waals surface area contributed by atoms with Crippen molar-refractivity contribution in [2.45, 2.75) is 50.6 Å². The number of fused-ring (bicyclic) bond motifs is 1. The summed E-state index contributed by atoms with van der Waals surface area (Å²) in [6, 6.07) is 15.4. The van der Waals surface area contributed by atoms with Gasteiger partial charge in [0.1, 0.15) is 5.76 Å². The second-order valence-corrected chi connectivity index (χ2v) is 8.87. The molecule has 1 unspecified atom stereocenters. The molecule has 0 amide bonds. The predicted molar refractivity (Wildman–Crippen MR) is 146 cm³/mol. The van der Waals surface area contributed by atoms with Crippen molar-refractivity contribution in [3.8, 4) is 0 Å². The average molecular weight is 572 g/mol. The van der Waals surface area contributed by atoms with E-state index in [4.69, 9.17) is 9.41 Å². The van der Waals surface area contributed by atoms with Crippen LogP contribution in [-0.2, 0) is 19.3 Å². The van der Waals surface area contributed by atoms with Crippen LogP contribution in [0.25, 0.3) is 0 Å². The number of rotatable bonds is 6. The fraction of sp³-hybridized carbons (Fsp3) is 0.423. The summed E-state index contributed by atoms with van der Waals surface area (Å²) in [4.78, 5) is 16.0. The van der Waals surface area contributed by atoms with Gasteiger partial charge in [0.2, 0.25) is 5.95 Å². The summed E-state index contributed by atoms with van der Waals surface area (Å²) in [5.41, 5.74) is 2.93. The first-order valence-corrected chi connectivity index (χ1v) is 12.0. The largest absolute Gasteiger partial charge is 0.469 e. The maximum absolute atomic E-state index is 5.48. The van der Waals surface area contributed by atoms with E-state index in [-0.39, 0.29) is 24.0 Å². The number of guanidine groups is 1. The minimum absolute atomic E-state index is 0. The molecule has 0 radical (unpaired) electrons. The Morgan fingerprint density at radius 2 is 1.71 bits per heavy atom. The number of benzene rings is 1. The number of hydrogen-bond acceptors (Lipinski definition) is 5. The number of aryl methyl sites for hydroxylation is 1. The Balaban J connectivity index is 0.00000274. The third-order valence-corrected chi connectivity index (χ3v) is 6.57. The number of aliphatic imine (C=N–C) groups is 1. The van der Waals surface area contributed by atoms with Crippen LogP contribution in [0.2, 0.25) is 0 Å². The molecule has 180 valence electrons. The summed E-state index contributed by atoms with van der Waals surface area (Å²) in [6.07, 6.45) is 11.5. The van der Waals surface area contributed by atoms with Crippen molar-refractivity contribution >= 4 is 35.9 Å². The first kappa shape index (κ1) is 24.5. The lowest BCUT2D eigenvalue weighted by Gasteiger charge is -2.34. The summed E-state index contributed by atoms with van der Waals surface area (Å²) in [7, 11) is 0. The topological polar surface area (TPSA) is 78.6 Å². The van der Waals surface area contributed by atoms with Crippen LogP contribution in [0.3, 0.4) is 0 Å². The fourth-order valence-electron chi connectivity index (χ4n) is 4.75. The van der Waals surface area contributed by atoms with Crippen LogP contribution < -0.4 is 15.5 Å². The molecule has 1 fully saturated rings. The molecule has 5 rings (SSSR count). The van der Waals surface area contributed by atoms with E-state index in [9.17, 15) is 0 Å². The molecule has 3 heterocycles. The molecule has 1 atom stereocenters. The van der Waals surface area contributed by atoms with Crippen molar-refractivity contribution in [3.05, 3.63) is 78.0 Å². The van der Waals surface area contributed by atoms with Gasteiger partial charge >= 0.3 is 0 Å². The third kappa shape index (κ3) is 6.49. The maximum atomic E-state index is 5.48. The Hall–Kier alpha value is -2.62. The Kier molecular flexibility index (Phi) is 8.79. The van der Waals surface area contributed by atoms with Crippen molar-refractivity contribution in [1.29, 1.82) is 0 Å². The summed E-state index contributed by atoms with van der Waals surface area (Å²) in [5, 5.41) is 7.46. The Morgan fingerprint density at radius 1 is 0.941 bits per heavy atom. The summed E-state index contributed by atoms with van der Waals surface area (Å²) < 4.78 is 5.48. The molecule has 8 heteroatoms. The minimum atomic E-state index is 0. The van der Waals surface area contributed by atoms with Gasteiger partial charge in [-0.2, -0.15) is 0 Å². The number of piperidine rings is 1. The highest BCUT2D eigenvalue weighted by atomic mass is 127. The highest BCUT2D eigenvalue weighted by Gasteiger charge is 2.24. The number of nitrogens with zero attached hydrogens (tertiary/aromatic N) is 4. The first-order chi connectivity index (χ1) is 16.3. The second-order valence-electron chi connectivity index (χ2n) is 8.87. The van der Waals surface area contributed by atoms with Crippen molar-refractivity contribution in [2.75, 3.05) is 24.5 Å². The fourth-order valence-corrected chi connectivity index (χ4v) is 4.75. The number of hydrogen-bond donors (Lipinski definition) is 2. The summed E-state index contributed by atoms with van der Waals surface area (Å²) in [6.45, 7) is 2.58. The van der Waals surface area contributed by atoms with E-state index in [1.807, 2.05) is 30.6 Å². The maximum Gasteiger partial charge on any atom is 0.225 e. The van der Waals surface area contributed by atoms with Gasteiger partial charge in [-0.15, -0.1) is 24.0 Å². The lowest BCUT2D eigenvalue weighted by molar-refractivity contribution is 0.447. The van der Waals surface area contributed by atoms with E-state index in [0.717, 1.165) is 69.3 Å². The van der Waals surface area contributed by atoms with Gasteiger partial charge in [-0.1, -0.05) is 24.3 Å². The second kappa shape index (κ2) is 12.2. The molecule has 34 heavy (non-hydrogen) atoms. The highest BCUT2D eigenvalue weighted by molar-refractivity contribution is 14.0. The van der Waals surface area contributed by atoms with Crippen LogP contribution in [0.5, 0.6) is 0 Å². The van der Waals surface area contributed by atoms with Crippen LogP contribution in [-0.4, -0.2) is 47.6 Å². The van der Waals surface area contributed by atoms with Gasteiger partial charge in [-0.25, -0.2) is 9.97 Å². The number of halogens is 1. The number of anilines is 1. The van der Waals surface area contributed by atoms with Gasteiger partial charge in [0.25, 0.3) is 0 Å². The highest BCUT2D eigenvalue weighted by Crippen LogP contribution is 2.21. The number of furan rings is 1. The van der Waals surface area contributed by atoms with Crippen LogP contribution in [0.15, 0.2) is 70.5 Å². The number of aromatic nitrogens is 2. The lowest BCUT2D eigenvalue weighted by atomic mass is 9.88. The third-order valence-electron chi connectivity index (χ3n) is 6.57. The van der Waals surface area contributed by atoms with Crippen LogP contribution >= 0.6 is 24.0 Å². The molecule has 0 saturated carbocycles. The summed E-state index contributed by atoms with van der Waals surface area (Å²) in [5.74, 6) is 2.71. The quantitative estimate of drug-likeness (QED) is 0.264. The van der Waals surface area contributed by atoms with Gasteiger partial charge in [0.15, 0.2) is 5.96 Å². The van der Waals surface area contributed by atoms with Gasteiger partial charge in [0, 0.05) is 50.5 Å². The molecular weight excluding hydrogens is 539 g/mol. The molecule has 1 saturated heterocycles. The standard InChI is InChI=1S/C26H32N6O.HI/c1-2-6-21-19-23(9-8-20(21)5-1)31-25(27-15-10-24-7-3-18-33-24)30-22-11-16-32(17-12-22)26-28-13-4-14-29-26;/h1-7,13-14,18,22-23H,8-12,15-17,19H2,(H2,27,30,31);1H. The Morgan fingerprint density at radius 3 is 2.47 bits per heavy atom. The van der Waals surface area contributed by atoms with Gasteiger partial charge in [-0.3, -0.25) is 4.99 Å². The van der Waals surface area contributed by atoms with E-state index < -0.39 is 0 Å². The van der Waals surface area contributed by atoms with Crippen molar-refractivity contribution in [2.24, 2.45) is 4.99 Å². The molecule has 1 aliphatic heterocycles.